The van der Waals surface area contributed by atoms with Crippen LogP contribution in [0.4, 0.5) is 0 Å². The van der Waals surface area contributed by atoms with Crippen molar-refractivity contribution in [3.05, 3.63) is 65.5 Å². The number of nitrogens with one attached hydrogen (secondary N) is 1. The maximum absolute atomic E-state index is 12.9. The van der Waals surface area contributed by atoms with Gasteiger partial charge < -0.3 is 10.2 Å². The molecule has 2 aromatic rings. The van der Waals surface area contributed by atoms with Crippen molar-refractivity contribution in [2.24, 2.45) is 0 Å². The SMILES string of the molecule is CCC1CCCCN1C(=O)c1ccnc(C(=O)NCc2ccccc2)c1. The molecule has 1 fully saturated rings. The molecule has 1 aliphatic rings. The lowest BCUT2D eigenvalue weighted by Crippen LogP contribution is -2.43. The Kier molecular flexibility index (Phi) is 6.00. The highest BCUT2D eigenvalue weighted by atomic mass is 16.2. The van der Waals surface area contributed by atoms with Gasteiger partial charge in [-0.15, -0.1) is 0 Å². The number of rotatable bonds is 5. The van der Waals surface area contributed by atoms with Crippen molar-refractivity contribution in [2.45, 2.75) is 45.2 Å². The Morgan fingerprint density at radius 1 is 1.19 bits per heavy atom. The number of hydrogen-bond acceptors (Lipinski definition) is 3. The van der Waals surface area contributed by atoms with Crippen LogP contribution < -0.4 is 5.32 Å². The number of amides is 2. The van der Waals surface area contributed by atoms with Gasteiger partial charge in [0.2, 0.25) is 0 Å². The van der Waals surface area contributed by atoms with Crippen molar-refractivity contribution in [2.75, 3.05) is 6.54 Å². The van der Waals surface area contributed by atoms with Gasteiger partial charge in [-0.05, 0) is 43.4 Å². The molecule has 3 rings (SSSR count). The fraction of sp³-hybridized carbons (Fsp3) is 0.381. The lowest BCUT2D eigenvalue weighted by molar-refractivity contribution is 0.0608. The zero-order chi connectivity index (χ0) is 18.4. The van der Waals surface area contributed by atoms with Gasteiger partial charge in [0.25, 0.3) is 11.8 Å². The number of carbonyl (C=O) groups is 2. The number of hydrogen-bond donors (Lipinski definition) is 1. The molecule has 26 heavy (non-hydrogen) atoms. The quantitative estimate of drug-likeness (QED) is 0.898. The Labute approximate surface area is 154 Å². The summed E-state index contributed by atoms with van der Waals surface area (Å²) < 4.78 is 0. The number of likely N-dealkylation sites (tertiary alicyclic amines) is 1. The van der Waals surface area contributed by atoms with Gasteiger partial charge in [0, 0.05) is 30.9 Å². The minimum atomic E-state index is -0.269. The minimum absolute atomic E-state index is 0.00365. The van der Waals surface area contributed by atoms with Crippen LogP contribution in [0.15, 0.2) is 48.7 Å². The lowest BCUT2D eigenvalue weighted by Gasteiger charge is -2.35. The van der Waals surface area contributed by atoms with Crippen molar-refractivity contribution in [1.29, 1.82) is 0 Å². The molecule has 0 spiro atoms. The number of pyridine rings is 1. The van der Waals surface area contributed by atoms with E-state index in [2.05, 4.69) is 17.2 Å². The molecule has 1 saturated heterocycles. The molecular weight excluding hydrogens is 326 g/mol. The number of piperidine rings is 1. The van der Waals surface area contributed by atoms with Gasteiger partial charge in [-0.2, -0.15) is 0 Å². The number of carbonyl (C=O) groups excluding carboxylic acids is 2. The van der Waals surface area contributed by atoms with E-state index < -0.39 is 0 Å². The molecule has 1 aromatic heterocycles. The average Bonchev–Trinajstić information content (AvgIpc) is 2.72. The molecule has 136 valence electrons. The lowest BCUT2D eigenvalue weighted by atomic mass is 9.99. The maximum atomic E-state index is 12.9. The summed E-state index contributed by atoms with van der Waals surface area (Å²) in [7, 11) is 0. The maximum Gasteiger partial charge on any atom is 0.270 e. The van der Waals surface area contributed by atoms with E-state index in [9.17, 15) is 9.59 Å². The topological polar surface area (TPSA) is 62.3 Å². The second kappa shape index (κ2) is 8.61. The van der Waals surface area contributed by atoms with Crippen LogP contribution in [0.1, 0.15) is 59.0 Å². The fourth-order valence-corrected chi connectivity index (χ4v) is 3.41. The van der Waals surface area contributed by atoms with Gasteiger partial charge in [-0.1, -0.05) is 37.3 Å². The van der Waals surface area contributed by atoms with Gasteiger partial charge >= 0.3 is 0 Å². The van der Waals surface area contributed by atoms with Crippen molar-refractivity contribution in [1.82, 2.24) is 15.2 Å². The van der Waals surface area contributed by atoms with Gasteiger partial charge in [-0.25, -0.2) is 0 Å². The van der Waals surface area contributed by atoms with Crippen LogP contribution in [0.5, 0.6) is 0 Å². The zero-order valence-electron chi connectivity index (χ0n) is 15.1. The van der Waals surface area contributed by atoms with Crippen molar-refractivity contribution >= 4 is 11.8 Å². The van der Waals surface area contributed by atoms with Crippen LogP contribution in [0.25, 0.3) is 0 Å². The molecule has 0 saturated carbocycles. The van der Waals surface area contributed by atoms with E-state index >= 15 is 0 Å². The molecule has 1 atom stereocenters. The molecule has 1 aliphatic heterocycles. The monoisotopic (exact) mass is 351 g/mol. The van der Waals surface area contributed by atoms with E-state index in [1.54, 1.807) is 12.1 Å². The summed E-state index contributed by atoms with van der Waals surface area (Å²) in [6, 6.07) is 13.3. The third-order valence-corrected chi connectivity index (χ3v) is 4.89. The molecule has 5 heteroatoms. The molecule has 1 unspecified atom stereocenters. The first-order chi connectivity index (χ1) is 12.7. The Morgan fingerprint density at radius 2 is 2.00 bits per heavy atom. The van der Waals surface area contributed by atoms with Gasteiger partial charge in [-0.3, -0.25) is 14.6 Å². The van der Waals surface area contributed by atoms with E-state index in [4.69, 9.17) is 0 Å². The molecule has 0 aliphatic carbocycles. The molecule has 2 heterocycles. The third-order valence-electron chi connectivity index (χ3n) is 4.89. The van der Waals surface area contributed by atoms with Crippen molar-refractivity contribution in [3.63, 3.8) is 0 Å². The average molecular weight is 351 g/mol. The largest absolute Gasteiger partial charge is 0.347 e. The van der Waals surface area contributed by atoms with Crippen LogP contribution in [0, 0.1) is 0 Å². The zero-order valence-corrected chi connectivity index (χ0v) is 15.1. The number of benzene rings is 1. The summed E-state index contributed by atoms with van der Waals surface area (Å²) in [4.78, 5) is 31.4. The summed E-state index contributed by atoms with van der Waals surface area (Å²) in [5.74, 6) is -0.273. The summed E-state index contributed by atoms with van der Waals surface area (Å²) in [5.41, 5.74) is 1.83. The summed E-state index contributed by atoms with van der Waals surface area (Å²) in [5, 5.41) is 2.85. The van der Waals surface area contributed by atoms with Crippen LogP contribution in [-0.4, -0.2) is 34.3 Å². The van der Waals surface area contributed by atoms with Crippen LogP contribution in [-0.2, 0) is 6.54 Å². The molecule has 1 aromatic carbocycles. The predicted octanol–water partition coefficient (Wildman–Crippen LogP) is 3.42. The highest BCUT2D eigenvalue weighted by molar-refractivity contribution is 5.98. The van der Waals surface area contributed by atoms with Crippen molar-refractivity contribution in [3.8, 4) is 0 Å². The standard InChI is InChI=1S/C21H25N3O2/c1-2-18-10-6-7-13-24(18)21(26)17-11-12-22-19(14-17)20(25)23-15-16-8-4-3-5-9-16/h3-5,8-9,11-12,14,18H,2,6-7,10,13,15H2,1H3,(H,23,25). The van der Waals surface area contributed by atoms with Gasteiger partial charge in [0.05, 0.1) is 0 Å². The van der Waals surface area contributed by atoms with Crippen molar-refractivity contribution < 1.29 is 9.59 Å². The minimum Gasteiger partial charge on any atom is -0.347 e. The molecule has 0 bridgehead atoms. The van der Waals surface area contributed by atoms with Crippen LogP contribution in [0.2, 0.25) is 0 Å². The van der Waals surface area contributed by atoms with Crippen LogP contribution >= 0.6 is 0 Å². The van der Waals surface area contributed by atoms with E-state index in [-0.39, 0.29) is 17.5 Å². The molecule has 1 N–H and O–H groups in total. The van der Waals surface area contributed by atoms with Gasteiger partial charge in [0.15, 0.2) is 0 Å². The fourth-order valence-electron chi connectivity index (χ4n) is 3.41. The normalized spacial score (nSPS) is 17.0. The smallest absolute Gasteiger partial charge is 0.270 e. The first-order valence-electron chi connectivity index (χ1n) is 9.28. The number of aromatic nitrogens is 1. The Hall–Kier alpha value is -2.69. The second-order valence-corrected chi connectivity index (χ2v) is 6.65. The highest BCUT2D eigenvalue weighted by Gasteiger charge is 2.26. The van der Waals surface area contributed by atoms with E-state index in [1.165, 1.54) is 12.6 Å². The second-order valence-electron chi connectivity index (χ2n) is 6.65. The molecule has 2 amide bonds. The number of nitrogens with zero attached hydrogens (tertiary/aromatic N) is 2. The van der Waals surface area contributed by atoms with E-state index in [1.807, 2.05) is 35.2 Å². The first-order valence-corrected chi connectivity index (χ1v) is 9.28. The molecule has 5 nitrogen and oxygen atoms in total. The van der Waals surface area contributed by atoms with Crippen LogP contribution in [0.3, 0.4) is 0 Å². The Balaban J connectivity index is 1.69. The third kappa shape index (κ3) is 4.28. The highest BCUT2D eigenvalue weighted by Crippen LogP contribution is 2.21. The van der Waals surface area contributed by atoms with E-state index in [0.717, 1.165) is 31.4 Å². The summed E-state index contributed by atoms with van der Waals surface area (Å²) in [6.45, 7) is 3.34. The Bertz CT molecular complexity index is 761. The Morgan fingerprint density at radius 3 is 2.77 bits per heavy atom. The predicted molar refractivity (Wildman–Crippen MR) is 101 cm³/mol. The molecular formula is C21H25N3O2. The first kappa shape index (κ1) is 18.1. The summed E-state index contributed by atoms with van der Waals surface area (Å²) >= 11 is 0. The van der Waals surface area contributed by atoms with Gasteiger partial charge in [0.1, 0.15) is 5.69 Å². The summed E-state index contributed by atoms with van der Waals surface area (Å²) in [6.07, 6.45) is 5.76. The molecule has 0 radical (unpaired) electrons. The van der Waals surface area contributed by atoms with E-state index in [0.29, 0.717) is 18.2 Å².